The molecule has 0 radical (unpaired) electrons. The van der Waals surface area contributed by atoms with Crippen molar-refractivity contribution in [1.82, 2.24) is 10.2 Å². The van der Waals surface area contributed by atoms with Gasteiger partial charge in [0.1, 0.15) is 18.3 Å². The SMILES string of the molecule is CCOc1ccc(N(CC(=O)N(Cc2ccccc2C)[C@H](CC)C(=O)N[C@@H](C)CC)S(=O)(=O)c2ccc(SC)cc2)cc1. The van der Waals surface area contributed by atoms with E-state index in [1.165, 1.54) is 16.7 Å². The molecule has 0 fully saturated rings. The van der Waals surface area contributed by atoms with Crippen molar-refractivity contribution in [3.05, 3.63) is 83.9 Å². The molecule has 0 unspecified atom stereocenters. The molecular weight excluding hydrogens is 583 g/mol. The monoisotopic (exact) mass is 625 g/mol. The van der Waals surface area contributed by atoms with Crippen molar-refractivity contribution in [3.8, 4) is 5.75 Å². The fourth-order valence-corrected chi connectivity index (χ4v) is 6.43. The number of benzene rings is 3. The molecule has 2 atom stereocenters. The van der Waals surface area contributed by atoms with Crippen LogP contribution in [0.1, 0.15) is 51.7 Å². The predicted octanol–water partition coefficient (Wildman–Crippen LogP) is 6.03. The smallest absolute Gasteiger partial charge is 0.264 e. The number of ether oxygens (including phenoxy) is 1. The lowest BCUT2D eigenvalue weighted by Crippen LogP contribution is -2.53. The minimum atomic E-state index is -4.15. The molecule has 1 N–H and O–H groups in total. The van der Waals surface area contributed by atoms with Gasteiger partial charge >= 0.3 is 0 Å². The average Bonchev–Trinajstić information content (AvgIpc) is 3.01. The number of nitrogens with one attached hydrogen (secondary N) is 1. The van der Waals surface area contributed by atoms with Crippen molar-refractivity contribution < 1.29 is 22.7 Å². The maximum Gasteiger partial charge on any atom is 0.264 e. The first-order valence-corrected chi connectivity index (χ1v) is 17.3. The van der Waals surface area contributed by atoms with E-state index < -0.39 is 28.5 Å². The van der Waals surface area contributed by atoms with Crippen LogP contribution in [0.3, 0.4) is 0 Å². The van der Waals surface area contributed by atoms with Gasteiger partial charge in [-0.25, -0.2) is 8.42 Å². The highest BCUT2D eigenvalue weighted by molar-refractivity contribution is 7.98. The molecule has 0 aliphatic carbocycles. The molecule has 0 saturated heterocycles. The van der Waals surface area contributed by atoms with Crippen molar-refractivity contribution in [2.45, 2.75) is 75.9 Å². The highest BCUT2D eigenvalue weighted by Crippen LogP contribution is 2.28. The minimum absolute atomic E-state index is 0.0676. The van der Waals surface area contributed by atoms with Crippen LogP contribution < -0.4 is 14.4 Å². The van der Waals surface area contributed by atoms with Gasteiger partial charge in [-0.15, -0.1) is 11.8 Å². The van der Waals surface area contributed by atoms with Gasteiger partial charge in [-0.05, 0) is 99.5 Å². The van der Waals surface area contributed by atoms with Gasteiger partial charge in [-0.2, -0.15) is 0 Å². The Kier molecular flexibility index (Phi) is 12.5. The van der Waals surface area contributed by atoms with E-state index in [9.17, 15) is 18.0 Å². The Hall–Kier alpha value is -3.50. The summed E-state index contributed by atoms with van der Waals surface area (Å²) in [5.41, 5.74) is 2.18. The quantitative estimate of drug-likeness (QED) is 0.207. The number of aryl methyl sites for hydroxylation is 1. The van der Waals surface area contributed by atoms with Crippen molar-refractivity contribution >= 4 is 39.3 Å². The molecular formula is C33H43N3O5S2. The summed E-state index contributed by atoms with van der Waals surface area (Å²) in [6.45, 7) is 9.71. The molecule has 0 spiro atoms. The van der Waals surface area contributed by atoms with Crippen LogP contribution in [-0.4, -0.2) is 56.6 Å². The lowest BCUT2D eigenvalue weighted by molar-refractivity contribution is -0.140. The molecule has 43 heavy (non-hydrogen) atoms. The number of anilines is 1. The van der Waals surface area contributed by atoms with Gasteiger partial charge < -0.3 is 15.0 Å². The van der Waals surface area contributed by atoms with Crippen LogP contribution in [0, 0.1) is 6.92 Å². The van der Waals surface area contributed by atoms with Crippen LogP contribution in [-0.2, 0) is 26.2 Å². The summed E-state index contributed by atoms with van der Waals surface area (Å²) in [6, 6.07) is 20.0. The van der Waals surface area contributed by atoms with Gasteiger partial charge in [0.2, 0.25) is 11.8 Å². The number of hydrogen-bond acceptors (Lipinski definition) is 6. The summed E-state index contributed by atoms with van der Waals surface area (Å²) in [6.07, 6.45) is 3.03. The zero-order valence-electron chi connectivity index (χ0n) is 25.9. The highest BCUT2D eigenvalue weighted by Gasteiger charge is 2.34. The summed E-state index contributed by atoms with van der Waals surface area (Å²) in [4.78, 5) is 30.2. The number of nitrogens with zero attached hydrogens (tertiary/aromatic N) is 2. The first-order valence-electron chi connectivity index (χ1n) is 14.6. The summed E-state index contributed by atoms with van der Waals surface area (Å²) in [5.74, 6) is -0.150. The van der Waals surface area contributed by atoms with Crippen LogP contribution in [0.15, 0.2) is 82.6 Å². The second-order valence-corrected chi connectivity index (χ2v) is 13.0. The van der Waals surface area contributed by atoms with Gasteiger partial charge in [0.25, 0.3) is 10.0 Å². The molecule has 232 valence electrons. The first kappa shape index (κ1) is 34.0. The van der Waals surface area contributed by atoms with Crippen LogP contribution in [0.4, 0.5) is 5.69 Å². The molecule has 0 saturated carbocycles. The van der Waals surface area contributed by atoms with Crippen LogP contribution in [0.25, 0.3) is 0 Å². The van der Waals surface area contributed by atoms with Crippen molar-refractivity contribution in [2.75, 3.05) is 23.7 Å². The number of carbonyl (C=O) groups excluding carboxylic acids is 2. The number of sulfonamides is 1. The second-order valence-electron chi connectivity index (χ2n) is 10.3. The van der Waals surface area contributed by atoms with Crippen molar-refractivity contribution in [3.63, 3.8) is 0 Å². The molecule has 0 aliphatic rings. The third-order valence-corrected chi connectivity index (χ3v) is 9.88. The van der Waals surface area contributed by atoms with E-state index in [2.05, 4.69) is 5.32 Å². The first-order chi connectivity index (χ1) is 20.5. The van der Waals surface area contributed by atoms with E-state index in [1.807, 2.05) is 65.1 Å². The molecule has 0 heterocycles. The zero-order valence-corrected chi connectivity index (χ0v) is 27.5. The molecule has 2 amide bonds. The number of amides is 2. The van der Waals surface area contributed by atoms with E-state index in [0.717, 1.165) is 26.7 Å². The molecule has 3 aromatic carbocycles. The largest absolute Gasteiger partial charge is 0.494 e. The Morgan fingerprint density at radius 2 is 1.58 bits per heavy atom. The van der Waals surface area contributed by atoms with Crippen molar-refractivity contribution in [1.29, 1.82) is 0 Å². The molecule has 3 rings (SSSR count). The Morgan fingerprint density at radius 1 is 0.930 bits per heavy atom. The predicted molar refractivity (Wildman–Crippen MR) is 174 cm³/mol. The number of thioether (sulfide) groups is 1. The standard InChI is InChI=1S/C33H43N3O5S2/c1-7-25(5)34-33(38)31(8-2)35(22-26-13-11-10-12-24(26)4)32(37)23-36(27-14-16-28(17-15-27)41-9-3)43(39,40)30-20-18-29(42-6)19-21-30/h10-21,25,31H,7-9,22-23H2,1-6H3,(H,34,38)/t25-,31+/m0/s1. The van der Waals surface area contributed by atoms with Gasteiger partial charge in [-0.3, -0.25) is 13.9 Å². The lowest BCUT2D eigenvalue weighted by Gasteiger charge is -2.34. The Labute approximate surface area is 260 Å². The minimum Gasteiger partial charge on any atom is -0.494 e. The summed E-state index contributed by atoms with van der Waals surface area (Å²) < 4.78 is 34.9. The Balaban J connectivity index is 2.08. The fraction of sp³-hybridized carbons (Fsp3) is 0.394. The van der Waals surface area contributed by atoms with E-state index in [1.54, 1.807) is 48.5 Å². The van der Waals surface area contributed by atoms with Crippen LogP contribution in [0.2, 0.25) is 0 Å². The number of rotatable bonds is 15. The Bertz CT molecular complexity index is 1460. The third kappa shape index (κ3) is 8.76. The average molecular weight is 626 g/mol. The molecule has 8 nitrogen and oxygen atoms in total. The summed E-state index contributed by atoms with van der Waals surface area (Å²) in [5, 5.41) is 3.01. The summed E-state index contributed by atoms with van der Waals surface area (Å²) >= 11 is 1.51. The number of hydrogen-bond donors (Lipinski definition) is 1. The summed E-state index contributed by atoms with van der Waals surface area (Å²) in [7, 11) is -4.15. The second kappa shape index (κ2) is 15.8. The molecule has 3 aromatic rings. The normalized spacial score (nSPS) is 12.7. The molecule has 0 aliphatic heterocycles. The van der Waals surface area contributed by atoms with Crippen molar-refractivity contribution in [2.24, 2.45) is 0 Å². The molecule has 10 heteroatoms. The zero-order chi connectivity index (χ0) is 31.6. The van der Waals surface area contributed by atoms with E-state index in [0.29, 0.717) is 24.5 Å². The lowest BCUT2D eigenvalue weighted by atomic mass is 10.1. The van der Waals surface area contributed by atoms with Gasteiger partial charge in [-0.1, -0.05) is 38.1 Å². The number of carbonyl (C=O) groups is 2. The van der Waals surface area contributed by atoms with E-state index in [4.69, 9.17) is 4.74 Å². The third-order valence-electron chi connectivity index (χ3n) is 7.35. The maximum absolute atomic E-state index is 14.3. The highest BCUT2D eigenvalue weighted by atomic mass is 32.2. The van der Waals surface area contributed by atoms with Gasteiger partial charge in [0.15, 0.2) is 0 Å². The topological polar surface area (TPSA) is 96.0 Å². The van der Waals surface area contributed by atoms with E-state index >= 15 is 0 Å². The fourth-order valence-electron chi connectivity index (χ4n) is 4.61. The Morgan fingerprint density at radius 3 is 2.14 bits per heavy atom. The van der Waals surface area contributed by atoms with Crippen LogP contribution in [0.5, 0.6) is 5.75 Å². The van der Waals surface area contributed by atoms with E-state index in [-0.39, 0.29) is 23.4 Å². The molecule has 0 bridgehead atoms. The maximum atomic E-state index is 14.3. The van der Waals surface area contributed by atoms with Crippen LogP contribution >= 0.6 is 11.8 Å². The van der Waals surface area contributed by atoms with Gasteiger partial charge in [0.05, 0.1) is 17.2 Å². The van der Waals surface area contributed by atoms with Gasteiger partial charge in [0, 0.05) is 17.5 Å². The molecule has 0 aromatic heterocycles.